The van der Waals surface area contributed by atoms with Crippen LogP contribution in [0.3, 0.4) is 0 Å². The Bertz CT molecular complexity index is 1180. The number of ether oxygens (including phenoxy) is 1. The summed E-state index contributed by atoms with van der Waals surface area (Å²) >= 11 is 0. The second kappa shape index (κ2) is 9.88. The Morgan fingerprint density at radius 3 is 2.18 bits per heavy atom. The van der Waals surface area contributed by atoms with Crippen molar-refractivity contribution in [3.8, 4) is 11.1 Å². The van der Waals surface area contributed by atoms with Gasteiger partial charge in [-0.05, 0) is 55.0 Å². The highest BCUT2D eigenvalue weighted by atomic mass is 16.6. The van der Waals surface area contributed by atoms with Gasteiger partial charge in [-0.15, -0.1) is 0 Å². The zero-order valence-electron chi connectivity index (χ0n) is 20.5. The van der Waals surface area contributed by atoms with Crippen molar-refractivity contribution in [2.75, 3.05) is 6.54 Å². The molecule has 5 nitrogen and oxygen atoms in total. The van der Waals surface area contributed by atoms with Gasteiger partial charge in [-0.3, -0.25) is 4.79 Å². The fourth-order valence-electron chi connectivity index (χ4n) is 4.96. The maximum absolute atomic E-state index is 13.2. The highest BCUT2D eigenvalue weighted by Gasteiger charge is 2.42. The molecule has 0 radical (unpaired) electrons. The highest BCUT2D eigenvalue weighted by molar-refractivity contribution is 5.70. The molecule has 178 valence electrons. The number of nitrogens with zero attached hydrogens (tertiary/aromatic N) is 2. The van der Waals surface area contributed by atoms with Gasteiger partial charge in [0.1, 0.15) is 5.60 Å². The second-order valence-corrected chi connectivity index (χ2v) is 9.33. The second-order valence-electron chi connectivity index (χ2n) is 9.33. The average molecular weight is 459 g/mol. The van der Waals surface area contributed by atoms with Gasteiger partial charge in [0, 0.05) is 31.3 Å². The first-order valence-corrected chi connectivity index (χ1v) is 12.3. The predicted octanol–water partition coefficient (Wildman–Crippen LogP) is 6.70. The van der Waals surface area contributed by atoms with E-state index in [2.05, 4.69) is 38.1 Å². The normalized spacial score (nSPS) is 19.2. The summed E-state index contributed by atoms with van der Waals surface area (Å²) in [6.07, 6.45) is 3.98. The van der Waals surface area contributed by atoms with E-state index in [1.165, 1.54) is 0 Å². The minimum atomic E-state index is -0.559. The number of pyridine rings is 1. The molecule has 1 aliphatic rings. The summed E-state index contributed by atoms with van der Waals surface area (Å²) in [5, 5.41) is 0. The number of hydrogen-bond acceptors (Lipinski definition) is 3. The molecule has 1 fully saturated rings. The molecule has 34 heavy (non-hydrogen) atoms. The molecule has 1 aromatic heterocycles. The summed E-state index contributed by atoms with van der Waals surface area (Å²) in [7, 11) is 0. The third-order valence-electron chi connectivity index (χ3n) is 7.03. The van der Waals surface area contributed by atoms with E-state index >= 15 is 0 Å². The first-order valence-electron chi connectivity index (χ1n) is 12.3. The smallest absolute Gasteiger partial charge is 0.411 e. The molecule has 0 bridgehead atoms. The quantitative estimate of drug-likeness (QED) is 0.396. The predicted molar refractivity (Wildman–Crippen MR) is 136 cm³/mol. The lowest BCUT2D eigenvalue weighted by molar-refractivity contribution is -0.0646. The summed E-state index contributed by atoms with van der Waals surface area (Å²) in [6, 6.07) is 21.9. The summed E-state index contributed by atoms with van der Waals surface area (Å²) in [6.45, 7) is 8.84. The van der Waals surface area contributed by atoms with Crippen LogP contribution in [0.4, 0.5) is 4.79 Å². The van der Waals surface area contributed by atoms with E-state index in [1.54, 1.807) is 10.6 Å². The van der Waals surface area contributed by atoms with Crippen molar-refractivity contribution in [2.24, 2.45) is 0 Å². The molecule has 0 N–H and O–H groups in total. The largest absolute Gasteiger partial charge is 0.438 e. The van der Waals surface area contributed by atoms with Gasteiger partial charge in [0.25, 0.3) is 5.56 Å². The van der Waals surface area contributed by atoms with Crippen molar-refractivity contribution in [1.82, 2.24) is 9.47 Å². The molecule has 3 aromatic rings. The van der Waals surface area contributed by atoms with Crippen LogP contribution >= 0.6 is 0 Å². The summed E-state index contributed by atoms with van der Waals surface area (Å²) < 4.78 is 7.87. The molecule has 2 atom stereocenters. The zero-order chi connectivity index (χ0) is 24.3. The van der Waals surface area contributed by atoms with Crippen LogP contribution in [0.5, 0.6) is 0 Å². The summed E-state index contributed by atoms with van der Waals surface area (Å²) in [4.78, 5) is 27.2. The third-order valence-corrected chi connectivity index (χ3v) is 7.03. The molecular weight excluding hydrogens is 424 g/mol. The molecular formula is C29H34N2O3. The van der Waals surface area contributed by atoms with Crippen LogP contribution in [0, 0.1) is 0 Å². The number of rotatable bonds is 7. The summed E-state index contributed by atoms with van der Waals surface area (Å²) in [5.74, 6) is 0. The van der Waals surface area contributed by atoms with E-state index in [9.17, 15) is 9.59 Å². The Labute approximate surface area is 202 Å². The Hall–Kier alpha value is -3.34. The van der Waals surface area contributed by atoms with Gasteiger partial charge < -0.3 is 14.2 Å². The van der Waals surface area contributed by atoms with Gasteiger partial charge in [0.05, 0.1) is 6.04 Å². The molecule has 1 unspecified atom stereocenters. The van der Waals surface area contributed by atoms with Crippen molar-refractivity contribution < 1.29 is 9.53 Å². The topological polar surface area (TPSA) is 51.5 Å². The lowest BCUT2D eigenvalue weighted by Crippen LogP contribution is -2.48. The van der Waals surface area contributed by atoms with E-state index in [-0.39, 0.29) is 23.7 Å². The minimum Gasteiger partial charge on any atom is -0.438 e. The standard InChI is InChI=1S/C29H34N2O3/c1-5-26(30-19-18-29(6-2,34-28(30)33)25-10-8-7-9-11-25)23-14-12-22(13-15-23)24-16-17-27(32)31(20-24)21(3)4/h7-17,20-21,26H,5-6,18-19H2,1-4H3/t26-,29?/m0/s1. The lowest BCUT2D eigenvalue weighted by atomic mass is 9.86. The fraction of sp³-hybridized carbons (Fsp3) is 0.379. The fourth-order valence-corrected chi connectivity index (χ4v) is 4.96. The zero-order valence-corrected chi connectivity index (χ0v) is 20.5. The molecule has 1 aliphatic heterocycles. The van der Waals surface area contributed by atoms with Gasteiger partial charge in [-0.2, -0.15) is 0 Å². The van der Waals surface area contributed by atoms with Crippen molar-refractivity contribution >= 4 is 6.09 Å². The van der Waals surface area contributed by atoms with Crippen molar-refractivity contribution in [2.45, 2.75) is 64.6 Å². The number of hydrogen-bond donors (Lipinski definition) is 0. The van der Waals surface area contributed by atoms with Gasteiger partial charge in [0.2, 0.25) is 0 Å². The number of carbonyl (C=O) groups excluding carboxylic acids is 1. The molecule has 0 aliphatic carbocycles. The van der Waals surface area contributed by atoms with Crippen molar-refractivity contribution in [3.63, 3.8) is 0 Å². The van der Waals surface area contributed by atoms with Gasteiger partial charge in [-0.1, -0.05) is 68.4 Å². The van der Waals surface area contributed by atoms with Crippen LogP contribution < -0.4 is 5.56 Å². The number of carbonyl (C=O) groups is 1. The lowest BCUT2D eigenvalue weighted by Gasteiger charge is -2.43. The number of benzene rings is 2. The molecule has 1 saturated heterocycles. The van der Waals surface area contributed by atoms with Crippen LogP contribution in [0.15, 0.2) is 77.7 Å². The van der Waals surface area contributed by atoms with Crippen LogP contribution in [0.25, 0.3) is 11.1 Å². The van der Waals surface area contributed by atoms with Crippen LogP contribution in [0.1, 0.15) is 70.2 Å². The van der Waals surface area contributed by atoms with E-state index < -0.39 is 5.60 Å². The monoisotopic (exact) mass is 458 g/mol. The number of aromatic nitrogens is 1. The van der Waals surface area contributed by atoms with Gasteiger partial charge in [0.15, 0.2) is 0 Å². The first-order chi connectivity index (χ1) is 16.4. The van der Waals surface area contributed by atoms with Crippen LogP contribution in [-0.4, -0.2) is 22.1 Å². The highest BCUT2D eigenvalue weighted by Crippen LogP contribution is 2.40. The van der Waals surface area contributed by atoms with Crippen molar-refractivity contribution in [3.05, 3.63) is 94.4 Å². The van der Waals surface area contributed by atoms with E-state index in [0.29, 0.717) is 6.54 Å². The third kappa shape index (κ3) is 4.52. The van der Waals surface area contributed by atoms with Gasteiger partial charge in [-0.25, -0.2) is 4.79 Å². The maximum atomic E-state index is 13.2. The molecule has 4 rings (SSSR count). The Morgan fingerprint density at radius 1 is 0.912 bits per heavy atom. The van der Waals surface area contributed by atoms with Gasteiger partial charge >= 0.3 is 6.09 Å². The van der Waals surface area contributed by atoms with E-state index in [0.717, 1.165) is 41.5 Å². The Balaban J connectivity index is 1.55. The molecule has 2 aromatic carbocycles. The van der Waals surface area contributed by atoms with Crippen LogP contribution in [-0.2, 0) is 10.3 Å². The molecule has 0 spiro atoms. The summed E-state index contributed by atoms with van der Waals surface area (Å²) in [5.41, 5.74) is 3.64. The van der Waals surface area contributed by atoms with Crippen molar-refractivity contribution in [1.29, 1.82) is 0 Å². The molecule has 1 amide bonds. The van der Waals surface area contributed by atoms with E-state index in [1.807, 2.05) is 61.3 Å². The Morgan fingerprint density at radius 2 is 1.59 bits per heavy atom. The average Bonchev–Trinajstić information content (AvgIpc) is 2.86. The molecule has 5 heteroatoms. The number of amides is 1. The molecule has 2 heterocycles. The maximum Gasteiger partial charge on any atom is 0.411 e. The van der Waals surface area contributed by atoms with Crippen LogP contribution in [0.2, 0.25) is 0 Å². The SMILES string of the molecule is CC[C@@H](c1ccc(-c2ccc(=O)n(C(C)C)c2)cc1)N1CCC(CC)(c2ccccc2)OC1=O. The van der Waals surface area contributed by atoms with E-state index in [4.69, 9.17) is 4.74 Å². The first kappa shape index (κ1) is 23.8. The Kier molecular flexibility index (Phi) is 6.92. The minimum absolute atomic E-state index is 0.00341. The number of cyclic esters (lactones) is 1. The molecule has 0 saturated carbocycles.